The van der Waals surface area contributed by atoms with Gasteiger partial charge in [0.2, 0.25) is 10.0 Å². The molecule has 1 saturated carbocycles. The topological polar surface area (TPSA) is 98.7 Å². The minimum absolute atomic E-state index is 0. The van der Waals surface area contributed by atoms with Crippen LogP contribution < -0.4 is 10.0 Å². The lowest BCUT2D eigenvalue weighted by Crippen LogP contribution is -2.23. The van der Waals surface area contributed by atoms with E-state index < -0.39 is 16.1 Å². The van der Waals surface area contributed by atoms with Crippen molar-refractivity contribution in [2.75, 3.05) is 17.5 Å². The lowest BCUT2D eigenvalue weighted by atomic mass is 10.0. The van der Waals surface area contributed by atoms with E-state index in [1.54, 1.807) is 13.0 Å². The molecule has 1 fully saturated rings. The van der Waals surface area contributed by atoms with E-state index in [1.807, 2.05) is 0 Å². The molecule has 0 aliphatic heterocycles. The molecule has 0 amide bonds. The summed E-state index contributed by atoms with van der Waals surface area (Å²) in [6.07, 6.45) is 2.53. The number of anilines is 1. The highest BCUT2D eigenvalue weighted by Gasteiger charge is 2.22. The minimum atomic E-state index is -3.48. The van der Waals surface area contributed by atoms with Gasteiger partial charge in [-0.1, -0.05) is 0 Å². The van der Waals surface area contributed by atoms with Crippen LogP contribution in [0.3, 0.4) is 0 Å². The zero-order valence-electron chi connectivity index (χ0n) is 12.0. The molecule has 4 N–H and O–H groups in total. The molecule has 1 unspecified atom stereocenters. The van der Waals surface area contributed by atoms with Gasteiger partial charge in [-0.3, -0.25) is 4.72 Å². The maximum Gasteiger partial charge on any atom is 0.229 e. The number of phenols is 1. The van der Waals surface area contributed by atoms with Crippen molar-refractivity contribution in [2.24, 2.45) is 0 Å². The SMILES string of the molecule is Cc1cc(C(O)CNC2CC2)cc(NS(C)(=O)=O)c1O.Cl. The zero-order valence-corrected chi connectivity index (χ0v) is 13.6. The van der Waals surface area contributed by atoms with Gasteiger partial charge in [-0.25, -0.2) is 8.42 Å². The summed E-state index contributed by atoms with van der Waals surface area (Å²) >= 11 is 0. The van der Waals surface area contributed by atoms with Gasteiger partial charge in [-0.05, 0) is 43.0 Å². The van der Waals surface area contributed by atoms with E-state index in [0.29, 0.717) is 23.7 Å². The first-order chi connectivity index (χ1) is 9.26. The van der Waals surface area contributed by atoms with Crippen LogP contribution >= 0.6 is 12.4 Å². The van der Waals surface area contributed by atoms with Gasteiger partial charge in [-0.15, -0.1) is 12.4 Å². The van der Waals surface area contributed by atoms with Crippen LogP contribution in [0.1, 0.15) is 30.1 Å². The van der Waals surface area contributed by atoms with E-state index in [-0.39, 0.29) is 23.8 Å². The third-order valence-electron chi connectivity index (χ3n) is 3.18. The van der Waals surface area contributed by atoms with Crippen molar-refractivity contribution in [1.82, 2.24) is 5.32 Å². The molecule has 2 rings (SSSR count). The van der Waals surface area contributed by atoms with Gasteiger partial charge in [0.05, 0.1) is 18.0 Å². The maximum absolute atomic E-state index is 11.3. The predicted molar refractivity (Wildman–Crippen MR) is 84.5 cm³/mol. The molecule has 0 bridgehead atoms. The molecule has 0 heterocycles. The molecule has 1 aliphatic carbocycles. The van der Waals surface area contributed by atoms with Crippen LogP contribution in [0.15, 0.2) is 12.1 Å². The second-order valence-electron chi connectivity index (χ2n) is 5.31. The van der Waals surface area contributed by atoms with E-state index in [0.717, 1.165) is 19.1 Å². The summed E-state index contributed by atoms with van der Waals surface area (Å²) in [4.78, 5) is 0. The molecule has 21 heavy (non-hydrogen) atoms. The van der Waals surface area contributed by atoms with Gasteiger partial charge < -0.3 is 15.5 Å². The van der Waals surface area contributed by atoms with Crippen LogP contribution in [-0.4, -0.2) is 37.5 Å². The molecular formula is C13H21ClN2O4S. The average molecular weight is 337 g/mol. The van der Waals surface area contributed by atoms with Crippen LogP contribution in [-0.2, 0) is 10.0 Å². The summed E-state index contributed by atoms with van der Waals surface area (Å²) in [5.41, 5.74) is 1.17. The Bertz CT molecular complexity index is 602. The average Bonchev–Trinajstić information content (AvgIpc) is 3.14. The molecular weight excluding hydrogens is 316 g/mol. The number of aliphatic hydroxyl groups excluding tert-OH is 1. The maximum atomic E-state index is 11.3. The monoisotopic (exact) mass is 336 g/mol. The fourth-order valence-corrected chi connectivity index (χ4v) is 2.52. The van der Waals surface area contributed by atoms with Crippen LogP contribution in [0, 0.1) is 6.92 Å². The summed E-state index contributed by atoms with van der Waals surface area (Å²) in [6.45, 7) is 2.07. The molecule has 120 valence electrons. The van der Waals surface area contributed by atoms with Crippen molar-refractivity contribution in [3.05, 3.63) is 23.3 Å². The largest absolute Gasteiger partial charge is 0.505 e. The Morgan fingerprint density at radius 3 is 2.52 bits per heavy atom. The Morgan fingerprint density at radius 2 is 2.00 bits per heavy atom. The summed E-state index contributed by atoms with van der Waals surface area (Å²) in [6, 6.07) is 3.60. The number of hydrogen-bond acceptors (Lipinski definition) is 5. The number of benzene rings is 1. The van der Waals surface area contributed by atoms with Crippen molar-refractivity contribution < 1.29 is 18.6 Å². The number of hydrogen-bond donors (Lipinski definition) is 4. The van der Waals surface area contributed by atoms with Gasteiger partial charge in [0, 0.05) is 12.6 Å². The van der Waals surface area contributed by atoms with Crippen molar-refractivity contribution >= 4 is 28.1 Å². The molecule has 0 spiro atoms. The lowest BCUT2D eigenvalue weighted by molar-refractivity contribution is 0.174. The number of rotatable bonds is 6. The van der Waals surface area contributed by atoms with E-state index in [9.17, 15) is 18.6 Å². The Morgan fingerprint density at radius 1 is 1.38 bits per heavy atom. The van der Waals surface area contributed by atoms with Crippen molar-refractivity contribution in [3.63, 3.8) is 0 Å². The first kappa shape index (κ1) is 18.0. The van der Waals surface area contributed by atoms with Gasteiger partial charge in [0.25, 0.3) is 0 Å². The van der Waals surface area contributed by atoms with Crippen molar-refractivity contribution in [3.8, 4) is 5.75 Å². The van der Waals surface area contributed by atoms with Gasteiger partial charge in [0.15, 0.2) is 0 Å². The van der Waals surface area contributed by atoms with Gasteiger partial charge in [-0.2, -0.15) is 0 Å². The minimum Gasteiger partial charge on any atom is -0.505 e. The highest BCUT2D eigenvalue weighted by Crippen LogP contribution is 2.32. The van der Waals surface area contributed by atoms with E-state index in [1.165, 1.54) is 6.07 Å². The Kier molecular flexibility index (Phi) is 5.86. The number of aryl methyl sites for hydroxylation is 1. The first-order valence-corrected chi connectivity index (χ1v) is 8.38. The molecule has 1 aromatic carbocycles. The smallest absolute Gasteiger partial charge is 0.229 e. The van der Waals surface area contributed by atoms with Crippen molar-refractivity contribution in [2.45, 2.75) is 31.9 Å². The molecule has 8 heteroatoms. The number of halogens is 1. The summed E-state index contributed by atoms with van der Waals surface area (Å²) in [7, 11) is -3.48. The van der Waals surface area contributed by atoms with Crippen LogP contribution in [0.25, 0.3) is 0 Å². The second kappa shape index (κ2) is 6.83. The number of nitrogens with one attached hydrogen (secondary N) is 2. The molecule has 0 radical (unpaired) electrons. The Balaban J connectivity index is 0.00000220. The second-order valence-corrected chi connectivity index (χ2v) is 7.05. The Labute approximate surface area is 131 Å². The standard InChI is InChI=1S/C13H20N2O4S.ClH/c1-8-5-9(12(16)7-14-10-3-4-10)6-11(13(8)17)15-20(2,18)19;/h5-6,10,12,14-17H,3-4,7H2,1-2H3;1H. The Hall–Kier alpha value is -1.02. The first-order valence-electron chi connectivity index (χ1n) is 6.49. The van der Waals surface area contributed by atoms with Crippen LogP contribution in [0.2, 0.25) is 0 Å². The number of aromatic hydroxyl groups is 1. The lowest BCUT2D eigenvalue weighted by Gasteiger charge is -2.16. The van der Waals surface area contributed by atoms with Gasteiger partial charge in [0.1, 0.15) is 5.75 Å². The molecule has 0 saturated heterocycles. The summed E-state index contributed by atoms with van der Waals surface area (Å²) < 4.78 is 24.8. The normalized spacial score (nSPS) is 16.1. The van der Waals surface area contributed by atoms with Crippen LogP contribution in [0.4, 0.5) is 5.69 Å². The zero-order chi connectivity index (χ0) is 14.9. The third kappa shape index (κ3) is 5.35. The predicted octanol–water partition coefficient (Wildman–Crippen LogP) is 1.28. The number of aliphatic hydroxyl groups is 1. The number of phenolic OH excluding ortho intramolecular Hbond substituents is 1. The highest BCUT2D eigenvalue weighted by atomic mass is 35.5. The molecule has 1 atom stereocenters. The third-order valence-corrected chi connectivity index (χ3v) is 3.77. The van der Waals surface area contributed by atoms with Crippen LogP contribution in [0.5, 0.6) is 5.75 Å². The summed E-state index contributed by atoms with van der Waals surface area (Å²) in [5, 5.41) is 23.2. The molecule has 6 nitrogen and oxygen atoms in total. The van der Waals surface area contributed by atoms with Crippen molar-refractivity contribution in [1.29, 1.82) is 0 Å². The fourth-order valence-electron chi connectivity index (χ4n) is 1.96. The van der Waals surface area contributed by atoms with E-state index >= 15 is 0 Å². The van der Waals surface area contributed by atoms with E-state index in [2.05, 4.69) is 10.0 Å². The number of sulfonamides is 1. The molecule has 1 aromatic rings. The summed E-state index contributed by atoms with van der Waals surface area (Å²) in [5.74, 6) is -0.124. The van der Waals surface area contributed by atoms with E-state index in [4.69, 9.17) is 0 Å². The quantitative estimate of drug-likeness (QED) is 0.587. The molecule has 0 aromatic heterocycles. The fraction of sp³-hybridized carbons (Fsp3) is 0.538. The molecule has 1 aliphatic rings. The highest BCUT2D eigenvalue weighted by molar-refractivity contribution is 7.92. The van der Waals surface area contributed by atoms with Gasteiger partial charge >= 0.3 is 0 Å².